The molecule has 3 aromatic rings. The maximum absolute atomic E-state index is 12.9. The Balaban J connectivity index is 1.87. The van der Waals surface area contributed by atoms with Crippen LogP contribution in [0.4, 0.5) is 9.59 Å². The molecule has 0 aromatic heterocycles. The first kappa shape index (κ1) is 31.8. The quantitative estimate of drug-likeness (QED) is 0.126. The van der Waals surface area contributed by atoms with E-state index in [9.17, 15) is 9.59 Å². The van der Waals surface area contributed by atoms with Gasteiger partial charge in [0.15, 0.2) is 11.5 Å². The fourth-order valence-electron chi connectivity index (χ4n) is 4.57. The van der Waals surface area contributed by atoms with Gasteiger partial charge in [-0.3, -0.25) is 0 Å². The summed E-state index contributed by atoms with van der Waals surface area (Å²) in [6.45, 7) is 9.05. The molecule has 0 N–H and O–H groups in total. The molecule has 0 heterocycles. The van der Waals surface area contributed by atoms with Crippen molar-refractivity contribution in [2.45, 2.75) is 79.1 Å². The fraction of sp³-hybridized carbons (Fsp3) is 0.471. The Morgan fingerprint density at radius 3 is 1.76 bits per heavy atom. The first-order valence-electron chi connectivity index (χ1n) is 15.0. The number of benzene rings is 3. The molecule has 222 valence electrons. The smallest absolute Gasteiger partial charge is 0.453 e. The van der Waals surface area contributed by atoms with Gasteiger partial charge in [0.25, 0.3) is 0 Å². The van der Waals surface area contributed by atoms with Gasteiger partial charge in [0.05, 0.1) is 13.2 Å². The highest BCUT2D eigenvalue weighted by Crippen LogP contribution is 2.43. The average Bonchev–Trinajstić information content (AvgIpc) is 2.99. The second-order valence-corrected chi connectivity index (χ2v) is 10.3. The number of fused-ring (bicyclic) bond motifs is 1. The lowest BCUT2D eigenvalue weighted by atomic mass is 10.0. The van der Waals surface area contributed by atoms with Crippen LogP contribution in [0, 0.1) is 11.8 Å². The molecule has 7 nitrogen and oxygen atoms in total. The Morgan fingerprint density at radius 1 is 0.659 bits per heavy atom. The van der Waals surface area contributed by atoms with Crippen molar-refractivity contribution in [3.63, 3.8) is 0 Å². The van der Waals surface area contributed by atoms with Crippen LogP contribution in [0.3, 0.4) is 0 Å². The Labute approximate surface area is 244 Å². The zero-order valence-electron chi connectivity index (χ0n) is 24.9. The number of rotatable bonds is 16. The normalized spacial score (nSPS) is 12.4. The molecule has 0 aliphatic rings. The minimum Gasteiger partial charge on any atom is -0.453 e. The maximum Gasteiger partial charge on any atom is 0.514 e. The third-order valence-corrected chi connectivity index (χ3v) is 7.23. The SMILES string of the molecule is CCCCC(CC)COC(=O)Oc1cc(Oc2ccccc2)c(OC(=O)OCC(CC)CCCC)c2ccccc12. The van der Waals surface area contributed by atoms with E-state index >= 15 is 0 Å². The lowest BCUT2D eigenvalue weighted by molar-refractivity contribution is 0.0793. The number of carbonyl (C=O) groups is 2. The summed E-state index contributed by atoms with van der Waals surface area (Å²) in [4.78, 5) is 25.6. The summed E-state index contributed by atoms with van der Waals surface area (Å²) >= 11 is 0. The number of ether oxygens (including phenoxy) is 5. The number of hydrogen-bond acceptors (Lipinski definition) is 7. The molecule has 41 heavy (non-hydrogen) atoms. The molecule has 0 amide bonds. The second kappa shape index (κ2) is 17.2. The molecule has 0 bridgehead atoms. The highest BCUT2D eigenvalue weighted by atomic mass is 16.7. The highest BCUT2D eigenvalue weighted by molar-refractivity contribution is 5.97. The molecule has 2 unspecified atom stereocenters. The summed E-state index contributed by atoms with van der Waals surface area (Å²) in [6, 6.07) is 17.9. The number of para-hydroxylation sites is 1. The Bertz CT molecular complexity index is 1220. The van der Waals surface area contributed by atoms with Crippen LogP contribution in [-0.4, -0.2) is 25.5 Å². The molecule has 0 saturated carbocycles. The monoisotopic (exact) mass is 564 g/mol. The fourth-order valence-corrected chi connectivity index (χ4v) is 4.57. The first-order chi connectivity index (χ1) is 20.0. The van der Waals surface area contributed by atoms with E-state index in [1.54, 1.807) is 30.3 Å². The highest BCUT2D eigenvalue weighted by Gasteiger charge is 2.22. The van der Waals surface area contributed by atoms with Crippen LogP contribution in [0.5, 0.6) is 23.0 Å². The predicted octanol–water partition coefficient (Wildman–Crippen LogP) is 10.1. The van der Waals surface area contributed by atoms with Crippen molar-refractivity contribution in [2.75, 3.05) is 13.2 Å². The van der Waals surface area contributed by atoms with Gasteiger partial charge < -0.3 is 23.7 Å². The number of carbonyl (C=O) groups excluding carboxylic acids is 2. The largest absolute Gasteiger partial charge is 0.514 e. The van der Waals surface area contributed by atoms with Crippen LogP contribution >= 0.6 is 0 Å². The second-order valence-electron chi connectivity index (χ2n) is 10.3. The lowest BCUT2D eigenvalue weighted by Crippen LogP contribution is -2.18. The van der Waals surface area contributed by atoms with Crippen LogP contribution in [0.1, 0.15) is 79.1 Å². The predicted molar refractivity (Wildman–Crippen MR) is 161 cm³/mol. The molecule has 2 atom stereocenters. The van der Waals surface area contributed by atoms with E-state index in [1.807, 2.05) is 30.3 Å². The molecule has 0 aliphatic carbocycles. The van der Waals surface area contributed by atoms with Crippen molar-refractivity contribution in [3.05, 3.63) is 60.7 Å². The molecule has 7 heteroatoms. The number of unbranched alkanes of at least 4 members (excludes halogenated alkanes) is 2. The van der Waals surface area contributed by atoms with E-state index < -0.39 is 12.3 Å². The van der Waals surface area contributed by atoms with E-state index in [4.69, 9.17) is 23.7 Å². The van der Waals surface area contributed by atoms with E-state index in [0.717, 1.165) is 51.4 Å². The van der Waals surface area contributed by atoms with Crippen LogP contribution in [-0.2, 0) is 9.47 Å². The van der Waals surface area contributed by atoms with Crippen molar-refractivity contribution in [1.82, 2.24) is 0 Å². The lowest BCUT2D eigenvalue weighted by Gasteiger charge is -2.18. The van der Waals surface area contributed by atoms with Gasteiger partial charge in [0.2, 0.25) is 0 Å². The van der Waals surface area contributed by atoms with Crippen molar-refractivity contribution in [2.24, 2.45) is 11.8 Å². The zero-order chi connectivity index (χ0) is 29.5. The van der Waals surface area contributed by atoms with Crippen LogP contribution in [0.2, 0.25) is 0 Å². The van der Waals surface area contributed by atoms with E-state index in [1.165, 1.54) is 0 Å². The van der Waals surface area contributed by atoms with Crippen molar-refractivity contribution in [3.8, 4) is 23.0 Å². The van der Waals surface area contributed by atoms with Gasteiger partial charge in [0, 0.05) is 16.8 Å². The topological polar surface area (TPSA) is 80.3 Å². The maximum atomic E-state index is 12.9. The van der Waals surface area contributed by atoms with Crippen LogP contribution in [0.25, 0.3) is 10.8 Å². The molecule has 0 fully saturated rings. The van der Waals surface area contributed by atoms with Gasteiger partial charge in [-0.25, -0.2) is 9.59 Å². The van der Waals surface area contributed by atoms with Gasteiger partial charge in [-0.15, -0.1) is 0 Å². The van der Waals surface area contributed by atoms with Gasteiger partial charge >= 0.3 is 12.3 Å². The molecular weight excluding hydrogens is 520 g/mol. The van der Waals surface area contributed by atoms with Crippen molar-refractivity contribution >= 4 is 23.1 Å². The summed E-state index contributed by atoms with van der Waals surface area (Å²) in [7, 11) is 0. The van der Waals surface area contributed by atoms with Gasteiger partial charge in [-0.2, -0.15) is 0 Å². The Kier molecular flexibility index (Phi) is 13.3. The minimum atomic E-state index is -0.811. The standard InChI is InChI=1S/C34H44O7/c1-5-9-16-25(7-3)23-37-33(35)40-30-22-31(39-27-18-12-11-13-19-27)32(29-21-15-14-20-28(29)30)41-34(36)38-24-26(8-4)17-10-6-2/h11-15,18-22,25-26H,5-10,16-17,23-24H2,1-4H3. The molecule has 0 saturated heterocycles. The van der Waals surface area contributed by atoms with Crippen LogP contribution in [0.15, 0.2) is 60.7 Å². The zero-order valence-corrected chi connectivity index (χ0v) is 24.9. The summed E-state index contributed by atoms with van der Waals surface area (Å²) in [6.07, 6.45) is 6.58. The summed E-state index contributed by atoms with van der Waals surface area (Å²) < 4.78 is 28.6. The van der Waals surface area contributed by atoms with Crippen LogP contribution < -0.4 is 14.2 Å². The average molecular weight is 565 g/mol. The van der Waals surface area contributed by atoms with E-state index in [2.05, 4.69) is 27.7 Å². The Hall–Kier alpha value is -3.74. The molecule has 3 rings (SSSR count). The first-order valence-corrected chi connectivity index (χ1v) is 15.0. The summed E-state index contributed by atoms with van der Waals surface area (Å²) in [5.41, 5.74) is 0. The third kappa shape index (κ3) is 9.99. The molecular formula is C34H44O7. The van der Waals surface area contributed by atoms with Gasteiger partial charge in [-0.05, 0) is 36.8 Å². The molecule has 0 radical (unpaired) electrons. The summed E-state index contributed by atoms with van der Waals surface area (Å²) in [5.74, 6) is 1.72. The third-order valence-electron chi connectivity index (χ3n) is 7.23. The van der Waals surface area contributed by atoms with E-state index in [-0.39, 0.29) is 35.7 Å². The Morgan fingerprint density at radius 2 is 1.20 bits per heavy atom. The molecule has 0 aliphatic heterocycles. The molecule has 0 spiro atoms. The van der Waals surface area contributed by atoms with Gasteiger partial charge in [-0.1, -0.05) is 109 Å². The summed E-state index contributed by atoms with van der Waals surface area (Å²) in [5, 5.41) is 1.10. The van der Waals surface area contributed by atoms with Crippen molar-refractivity contribution < 1.29 is 33.3 Å². The van der Waals surface area contributed by atoms with Crippen molar-refractivity contribution in [1.29, 1.82) is 0 Å². The van der Waals surface area contributed by atoms with E-state index in [0.29, 0.717) is 23.1 Å². The molecule has 3 aromatic carbocycles. The number of hydrogen-bond donors (Lipinski definition) is 0. The van der Waals surface area contributed by atoms with Gasteiger partial charge in [0.1, 0.15) is 11.5 Å². The minimum absolute atomic E-state index is 0.183.